The van der Waals surface area contributed by atoms with Crippen molar-refractivity contribution in [1.82, 2.24) is 19.2 Å². The SMILES string of the molecule is CS(=O)(=O)NC[C@@H]1CN(CC2CCC2)Cc2cncn21. The predicted octanol–water partition coefficient (Wildman–Crippen LogP) is 0.589. The summed E-state index contributed by atoms with van der Waals surface area (Å²) in [6.07, 6.45) is 8.93. The van der Waals surface area contributed by atoms with Gasteiger partial charge in [0.15, 0.2) is 0 Å². The molecule has 7 heteroatoms. The highest BCUT2D eigenvalue weighted by atomic mass is 32.2. The number of fused-ring (bicyclic) bond motifs is 1. The maximum Gasteiger partial charge on any atom is 0.208 e. The highest BCUT2D eigenvalue weighted by Gasteiger charge is 2.28. The average Bonchev–Trinajstić information content (AvgIpc) is 2.78. The molecule has 0 spiro atoms. The van der Waals surface area contributed by atoms with Crippen molar-refractivity contribution in [1.29, 1.82) is 0 Å². The Labute approximate surface area is 120 Å². The van der Waals surface area contributed by atoms with Gasteiger partial charge in [0.1, 0.15) is 0 Å². The molecule has 1 saturated carbocycles. The fourth-order valence-electron chi connectivity index (χ4n) is 3.05. The second-order valence-electron chi connectivity index (χ2n) is 6.06. The van der Waals surface area contributed by atoms with Crippen molar-refractivity contribution in [2.45, 2.75) is 31.8 Å². The molecule has 0 saturated heterocycles. The zero-order chi connectivity index (χ0) is 14.2. The molecule has 0 amide bonds. The molecule has 0 radical (unpaired) electrons. The number of nitrogens with zero attached hydrogens (tertiary/aromatic N) is 3. The standard InChI is InChI=1S/C13H22N4O2S/c1-20(18,19)15-6-13-9-16(7-11-3-2-4-11)8-12-5-14-10-17(12)13/h5,10-11,13,15H,2-4,6-9H2,1H3/t13-/m1/s1. The van der Waals surface area contributed by atoms with Gasteiger partial charge in [0.05, 0.1) is 24.3 Å². The van der Waals surface area contributed by atoms with Crippen LogP contribution in [0.3, 0.4) is 0 Å². The fourth-order valence-corrected chi connectivity index (χ4v) is 3.55. The molecule has 6 nitrogen and oxygen atoms in total. The molecule has 1 aliphatic carbocycles. The number of hydrogen-bond donors (Lipinski definition) is 1. The second kappa shape index (κ2) is 5.46. The molecule has 3 rings (SSSR count). The van der Waals surface area contributed by atoms with Gasteiger partial charge in [-0.3, -0.25) is 4.90 Å². The molecule has 1 aromatic rings. The van der Waals surface area contributed by atoms with Crippen molar-refractivity contribution < 1.29 is 8.42 Å². The molecule has 1 atom stereocenters. The Balaban J connectivity index is 1.68. The molecule has 2 heterocycles. The number of sulfonamides is 1. The molecule has 0 unspecified atom stereocenters. The largest absolute Gasteiger partial charge is 0.328 e. The van der Waals surface area contributed by atoms with Gasteiger partial charge in [0.2, 0.25) is 10.0 Å². The van der Waals surface area contributed by atoms with Gasteiger partial charge in [-0.15, -0.1) is 0 Å². The van der Waals surface area contributed by atoms with Gasteiger partial charge in [0, 0.05) is 32.4 Å². The lowest BCUT2D eigenvalue weighted by molar-refractivity contribution is 0.130. The second-order valence-corrected chi connectivity index (χ2v) is 7.89. The van der Waals surface area contributed by atoms with Crippen molar-refractivity contribution in [3.8, 4) is 0 Å². The summed E-state index contributed by atoms with van der Waals surface area (Å²) in [5.74, 6) is 0.827. The summed E-state index contributed by atoms with van der Waals surface area (Å²) in [5, 5.41) is 0. The number of nitrogens with one attached hydrogen (secondary N) is 1. The number of rotatable bonds is 5. The molecule has 0 bridgehead atoms. The van der Waals surface area contributed by atoms with Gasteiger partial charge in [-0.25, -0.2) is 18.1 Å². The first-order valence-corrected chi connectivity index (χ1v) is 9.08. The summed E-state index contributed by atoms with van der Waals surface area (Å²) in [7, 11) is -3.15. The fraction of sp³-hybridized carbons (Fsp3) is 0.769. The van der Waals surface area contributed by atoms with E-state index in [4.69, 9.17) is 0 Å². The van der Waals surface area contributed by atoms with Gasteiger partial charge in [-0.05, 0) is 18.8 Å². The predicted molar refractivity (Wildman–Crippen MR) is 76.7 cm³/mol. The molecule has 2 aliphatic rings. The van der Waals surface area contributed by atoms with Crippen molar-refractivity contribution in [2.75, 3.05) is 25.9 Å². The van der Waals surface area contributed by atoms with Crippen LogP contribution in [0.5, 0.6) is 0 Å². The Morgan fingerprint density at radius 3 is 2.90 bits per heavy atom. The Morgan fingerprint density at radius 2 is 2.25 bits per heavy atom. The van der Waals surface area contributed by atoms with Crippen LogP contribution in [-0.4, -0.2) is 48.8 Å². The molecular formula is C13H22N4O2S. The van der Waals surface area contributed by atoms with Gasteiger partial charge in [0.25, 0.3) is 0 Å². The van der Waals surface area contributed by atoms with E-state index in [-0.39, 0.29) is 6.04 Å². The Morgan fingerprint density at radius 1 is 1.45 bits per heavy atom. The number of hydrogen-bond acceptors (Lipinski definition) is 4. The van der Waals surface area contributed by atoms with Gasteiger partial charge >= 0.3 is 0 Å². The van der Waals surface area contributed by atoms with Crippen LogP contribution in [0, 0.1) is 5.92 Å². The minimum Gasteiger partial charge on any atom is -0.328 e. The van der Waals surface area contributed by atoms with E-state index in [0.29, 0.717) is 6.54 Å². The summed E-state index contributed by atoms with van der Waals surface area (Å²) in [4.78, 5) is 6.65. The van der Waals surface area contributed by atoms with Crippen molar-refractivity contribution in [2.24, 2.45) is 5.92 Å². The summed E-state index contributed by atoms with van der Waals surface area (Å²) in [5.41, 5.74) is 1.18. The summed E-state index contributed by atoms with van der Waals surface area (Å²) in [6.45, 7) is 3.37. The van der Waals surface area contributed by atoms with E-state index in [1.54, 1.807) is 0 Å². The molecule has 1 aromatic heterocycles. The third-order valence-electron chi connectivity index (χ3n) is 4.32. The van der Waals surface area contributed by atoms with Crippen LogP contribution in [0.25, 0.3) is 0 Å². The van der Waals surface area contributed by atoms with E-state index in [9.17, 15) is 8.42 Å². The molecular weight excluding hydrogens is 276 g/mol. The van der Waals surface area contributed by atoms with Crippen LogP contribution < -0.4 is 4.72 Å². The molecule has 0 aromatic carbocycles. The normalized spacial score (nSPS) is 24.4. The highest BCUT2D eigenvalue weighted by molar-refractivity contribution is 7.88. The number of aromatic nitrogens is 2. The average molecular weight is 298 g/mol. The van der Waals surface area contributed by atoms with Gasteiger partial charge in [-0.2, -0.15) is 0 Å². The van der Waals surface area contributed by atoms with Gasteiger partial charge in [-0.1, -0.05) is 6.42 Å². The van der Waals surface area contributed by atoms with E-state index < -0.39 is 10.0 Å². The van der Waals surface area contributed by atoms with E-state index in [1.807, 2.05) is 12.5 Å². The van der Waals surface area contributed by atoms with Crippen LogP contribution in [0.15, 0.2) is 12.5 Å². The monoisotopic (exact) mass is 298 g/mol. The molecule has 20 heavy (non-hydrogen) atoms. The van der Waals surface area contributed by atoms with Crippen LogP contribution >= 0.6 is 0 Å². The maximum absolute atomic E-state index is 11.3. The van der Waals surface area contributed by atoms with E-state index in [1.165, 1.54) is 31.2 Å². The molecule has 1 aliphatic heterocycles. The first kappa shape index (κ1) is 14.0. The lowest BCUT2D eigenvalue weighted by Crippen LogP contribution is -2.44. The van der Waals surface area contributed by atoms with E-state index in [2.05, 4.69) is 19.2 Å². The topological polar surface area (TPSA) is 67.2 Å². The summed E-state index contributed by atoms with van der Waals surface area (Å²) < 4.78 is 27.3. The molecule has 1 N–H and O–H groups in total. The third-order valence-corrected chi connectivity index (χ3v) is 5.01. The first-order chi connectivity index (χ1) is 9.51. The first-order valence-electron chi connectivity index (χ1n) is 7.19. The quantitative estimate of drug-likeness (QED) is 0.864. The Kier molecular flexibility index (Phi) is 3.83. The highest BCUT2D eigenvalue weighted by Crippen LogP contribution is 2.29. The van der Waals surface area contributed by atoms with Crippen molar-refractivity contribution in [3.05, 3.63) is 18.2 Å². The Bertz CT molecular complexity index is 565. The van der Waals surface area contributed by atoms with E-state index in [0.717, 1.165) is 25.6 Å². The van der Waals surface area contributed by atoms with E-state index >= 15 is 0 Å². The van der Waals surface area contributed by atoms with Crippen LogP contribution in [0.1, 0.15) is 31.0 Å². The summed E-state index contributed by atoms with van der Waals surface area (Å²) >= 11 is 0. The summed E-state index contributed by atoms with van der Waals surface area (Å²) in [6, 6.07) is 0.135. The molecule has 112 valence electrons. The number of imidazole rings is 1. The Hall–Kier alpha value is -0.920. The van der Waals surface area contributed by atoms with Gasteiger partial charge < -0.3 is 4.57 Å². The lowest BCUT2D eigenvalue weighted by Gasteiger charge is -2.38. The van der Waals surface area contributed by atoms with Crippen LogP contribution in [0.4, 0.5) is 0 Å². The van der Waals surface area contributed by atoms with Crippen LogP contribution in [-0.2, 0) is 16.6 Å². The lowest BCUT2D eigenvalue weighted by atomic mass is 9.85. The van der Waals surface area contributed by atoms with Crippen molar-refractivity contribution in [3.63, 3.8) is 0 Å². The minimum atomic E-state index is -3.15. The third kappa shape index (κ3) is 3.21. The smallest absolute Gasteiger partial charge is 0.208 e. The van der Waals surface area contributed by atoms with Crippen molar-refractivity contribution >= 4 is 10.0 Å². The maximum atomic E-state index is 11.3. The zero-order valence-corrected chi connectivity index (χ0v) is 12.6. The molecule has 1 fully saturated rings. The zero-order valence-electron chi connectivity index (χ0n) is 11.8. The minimum absolute atomic E-state index is 0.135. The van der Waals surface area contributed by atoms with Crippen LogP contribution in [0.2, 0.25) is 0 Å².